The first-order chi connectivity index (χ1) is 11.4. The van der Waals surface area contributed by atoms with Crippen LogP contribution in [0.2, 0.25) is 0 Å². The molecule has 122 valence electrons. The van der Waals surface area contributed by atoms with E-state index in [2.05, 4.69) is 15.5 Å². The highest BCUT2D eigenvalue weighted by atomic mass is 19.4. The van der Waals surface area contributed by atoms with E-state index in [0.29, 0.717) is 11.1 Å². The Labute approximate surface area is 135 Å². The van der Waals surface area contributed by atoms with Crippen molar-refractivity contribution < 1.29 is 18.3 Å². The number of para-hydroxylation sites is 1. The lowest BCUT2D eigenvalue weighted by molar-refractivity contribution is -0.136. The molecule has 24 heavy (non-hydrogen) atoms. The second kappa shape index (κ2) is 6.19. The highest BCUT2D eigenvalue weighted by Gasteiger charge is 2.33. The van der Waals surface area contributed by atoms with E-state index in [4.69, 9.17) is 0 Å². The van der Waals surface area contributed by atoms with Crippen LogP contribution in [-0.2, 0) is 6.18 Å². The molecule has 0 spiro atoms. The van der Waals surface area contributed by atoms with Crippen molar-refractivity contribution in [2.24, 2.45) is 5.10 Å². The predicted molar refractivity (Wildman–Crippen MR) is 86.1 cm³/mol. The first-order valence-corrected chi connectivity index (χ1v) is 6.98. The summed E-state index contributed by atoms with van der Waals surface area (Å²) in [5.74, 6) is 0.139. The van der Waals surface area contributed by atoms with E-state index in [1.165, 1.54) is 30.6 Å². The first kappa shape index (κ1) is 15.8. The van der Waals surface area contributed by atoms with Gasteiger partial charge in [0.15, 0.2) is 0 Å². The van der Waals surface area contributed by atoms with Crippen molar-refractivity contribution in [3.8, 4) is 5.75 Å². The van der Waals surface area contributed by atoms with Crippen molar-refractivity contribution in [1.29, 1.82) is 0 Å². The molecule has 0 unspecified atom stereocenters. The maximum Gasteiger partial charge on any atom is 0.418 e. The fourth-order valence-electron chi connectivity index (χ4n) is 2.24. The van der Waals surface area contributed by atoms with Gasteiger partial charge >= 0.3 is 6.18 Å². The molecule has 2 aromatic carbocycles. The summed E-state index contributed by atoms with van der Waals surface area (Å²) in [7, 11) is 0. The molecule has 0 amide bonds. The molecular formula is C17H12F3N3O. The average molecular weight is 331 g/mol. The smallest absolute Gasteiger partial charge is 0.418 e. The van der Waals surface area contributed by atoms with E-state index < -0.39 is 11.7 Å². The third-order valence-electron chi connectivity index (χ3n) is 3.37. The molecule has 1 heterocycles. The number of anilines is 1. The summed E-state index contributed by atoms with van der Waals surface area (Å²) < 4.78 is 39.1. The number of aromatic hydroxyl groups is 1. The second-order valence-electron chi connectivity index (χ2n) is 5.02. The summed E-state index contributed by atoms with van der Waals surface area (Å²) in [6, 6.07) is 11.8. The maximum absolute atomic E-state index is 13.0. The fourth-order valence-corrected chi connectivity index (χ4v) is 2.24. The van der Waals surface area contributed by atoms with Gasteiger partial charge in [0.1, 0.15) is 5.75 Å². The monoisotopic (exact) mass is 331 g/mol. The summed E-state index contributed by atoms with van der Waals surface area (Å²) in [6.45, 7) is 0. The molecule has 7 heteroatoms. The third-order valence-corrected chi connectivity index (χ3v) is 3.37. The number of phenolic OH excluding ortho intramolecular Hbond substituents is 1. The lowest BCUT2D eigenvalue weighted by Crippen LogP contribution is -2.06. The number of pyridine rings is 1. The Bertz CT molecular complexity index is 890. The van der Waals surface area contributed by atoms with Gasteiger partial charge in [0.2, 0.25) is 0 Å². The molecular weight excluding hydrogens is 319 g/mol. The van der Waals surface area contributed by atoms with E-state index in [1.54, 1.807) is 24.3 Å². The minimum absolute atomic E-state index is 0.130. The number of hydrogen-bond donors (Lipinski definition) is 2. The minimum atomic E-state index is -4.47. The lowest BCUT2D eigenvalue weighted by Gasteiger charge is -2.11. The molecule has 0 radical (unpaired) electrons. The quantitative estimate of drug-likeness (QED) is 0.552. The largest absolute Gasteiger partial charge is 0.508 e. The average Bonchev–Trinajstić information content (AvgIpc) is 2.55. The van der Waals surface area contributed by atoms with Gasteiger partial charge in [0, 0.05) is 11.6 Å². The molecule has 0 saturated carbocycles. The molecule has 2 N–H and O–H groups in total. The number of fused-ring (bicyclic) bond motifs is 1. The van der Waals surface area contributed by atoms with E-state index in [0.717, 1.165) is 11.6 Å². The molecule has 0 aliphatic heterocycles. The maximum atomic E-state index is 13.0. The van der Waals surface area contributed by atoms with Gasteiger partial charge in [-0.1, -0.05) is 12.1 Å². The summed E-state index contributed by atoms with van der Waals surface area (Å²) in [5, 5.41) is 13.6. The van der Waals surface area contributed by atoms with Crippen LogP contribution in [0.4, 0.5) is 18.9 Å². The van der Waals surface area contributed by atoms with Crippen LogP contribution in [0.15, 0.2) is 59.8 Å². The summed E-state index contributed by atoms with van der Waals surface area (Å²) >= 11 is 0. The molecule has 0 bridgehead atoms. The third kappa shape index (κ3) is 3.29. The zero-order chi connectivity index (χ0) is 17.2. The Morgan fingerprint density at radius 3 is 2.50 bits per heavy atom. The number of alkyl halides is 3. The Kier molecular flexibility index (Phi) is 4.07. The Morgan fingerprint density at radius 2 is 1.79 bits per heavy atom. The summed E-state index contributed by atoms with van der Waals surface area (Å²) in [5.41, 5.74) is 2.96. The summed E-state index contributed by atoms with van der Waals surface area (Å²) in [4.78, 5) is 3.84. The van der Waals surface area contributed by atoms with Gasteiger partial charge in [-0.3, -0.25) is 10.4 Å². The van der Waals surface area contributed by atoms with Crippen LogP contribution in [0.3, 0.4) is 0 Å². The van der Waals surface area contributed by atoms with Crippen molar-refractivity contribution in [3.63, 3.8) is 0 Å². The van der Waals surface area contributed by atoms with Gasteiger partial charge in [-0.25, -0.2) is 0 Å². The number of halogens is 3. The standard InChI is InChI=1S/C17H12F3N3O/c18-17(19,20)14-3-1-2-13-15(8-9-21-16(13)14)23-22-10-11-4-6-12(24)7-5-11/h1-10,24H,(H,21,23)/b22-10+. The van der Waals surface area contributed by atoms with Crippen LogP contribution in [-0.4, -0.2) is 16.3 Å². The Balaban J connectivity index is 1.91. The molecule has 0 saturated heterocycles. The fraction of sp³-hybridized carbons (Fsp3) is 0.0588. The van der Waals surface area contributed by atoms with Crippen LogP contribution in [0.1, 0.15) is 11.1 Å². The van der Waals surface area contributed by atoms with Crippen LogP contribution >= 0.6 is 0 Å². The van der Waals surface area contributed by atoms with Crippen molar-refractivity contribution in [3.05, 3.63) is 65.9 Å². The lowest BCUT2D eigenvalue weighted by atomic mass is 10.1. The molecule has 0 fully saturated rings. The second-order valence-corrected chi connectivity index (χ2v) is 5.02. The molecule has 0 aliphatic rings. The van der Waals surface area contributed by atoms with Crippen molar-refractivity contribution in [1.82, 2.24) is 4.98 Å². The van der Waals surface area contributed by atoms with Gasteiger partial charge in [-0.15, -0.1) is 0 Å². The number of rotatable bonds is 3. The van der Waals surface area contributed by atoms with Crippen LogP contribution < -0.4 is 5.43 Å². The van der Waals surface area contributed by atoms with Crippen molar-refractivity contribution >= 4 is 22.8 Å². The van der Waals surface area contributed by atoms with E-state index in [-0.39, 0.29) is 11.3 Å². The Hall–Kier alpha value is -3.09. The highest BCUT2D eigenvalue weighted by Crippen LogP contribution is 2.35. The van der Waals surface area contributed by atoms with E-state index >= 15 is 0 Å². The van der Waals surface area contributed by atoms with Gasteiger partial charge in [-0.2, -0.15) is 18.3 Å². The molecule has 0 atom stereocenters. The number of nitrogens with one attached hydrogen (secondary N) is 1. The van der Waals surface area contributed by atoms with Crippen LogP contribution in [0.5, 0.6) is 5.75 Å². The van der Waals surface area contributed by atoms with Crippen molar-refractivity contribution in [2.45, 2.75) is 6.18 Å². The highest BCUT2D eigenvalue weighted by molar-refractivity contribution is 5.93. The normalized spacial score (nSPS) is 12.0. The van der Waals surface area contributed by atoms with Gasteiger partial charge < -0.3 is 5.11 Å². The van der Waals surface area contributed by atoms with Gasteiger partial charge in [-0.05, 0) is 42.0 Å². The number of aromatic nitrogens is 1. The molecule has 3 rings (SSSR count). The molecule has 4 nitrogen and oxygen atoms in total. The van der Waals surface area contributed by atoms with Crippen LogP contribution in [0.25, 0.3) is 10.9 Å². The zero-order valence-electron chi connectivity index (χ0n) is 12.2. The summed E-state index contributed by atoms with van der Waals surface area (Å²) in [6.07, 6.45) is -1.67. The van der Waals surface area contributed by atoms with Gasteiger partial charge in [0.25, 0.3) is 0 Å². The SMILES string of the molecule is Oc1ccc(/C=N/Nc2ccnc3c(C(F)(F)F)cccc23)cc1. The van der Waals surface area contributed by atoms with E-state index in [9.17, 15) is 18.3 Å². The van der Waals surface area contributed by atoms with Crippen LogP contribution in [0, 0.1) is 0 Å². The number of nitrogens with zero attached hydrogens (tertiary/aromatic N) is 2. The number of hydrazone groups is 1. The Morgan fingerprint density at radius 1 is 1.04 bits per heavy atom. The zero-order valence-corrected chi connectivity index (χ0v) is 12.2. The predicted octanol–water partition coefficient (Wildman–Crippen LogP) is 4.41. The molecule has 0 aliphatic carbocycles. The molecule has 1 aromatic heterocycles. The van der Waals surface area contributed by atoms with Crippen molar-refractivity contribution in [2.75, 3.05) is 5.43 Å². The molecule has 3 aromatic rings. The number of benzene rings is 2. The van der Waals surface area contributed by atoms with E-state index in [1.807, 2.05) is 0 Å². The minimum Gasteiger partial charge on any atom is -0.508 e. The van der Waals surface area contributed by atoms with Gasteiger partial charge in [0.05, 0.1) is 23.0 Å². The topological polar surface area (TPSA) is 57.5 Å². The number of phenols is 1. The first-order valence-electron chi connectivity index (χ1n) is 6.98. The number of hydrogen-bond acceptors (Lipinski definition) is 4.